The Labute approximate surface area is 242 Å². The van der Waals surface area contributed by atoms with Crippen molar-refractivity contribution < 1.29 is 13.2 Å². The zero-order valence-electron chi connectivity index (χ0n) is 22.2. The number of sulfone groups is 1. The van der Waals surface area contributed by atoms with Gasteiger partial charge in [-0.3, -0.25) is 18.9 Å². The van der Waals surface area contributed by atoms with Gasteiger partial charge >= 0.3 is 5.69 Å². The van der Waals surface area contributed by atoms with Crippen LogP contribution in [-0.2, 0) is 14.6 Å². The summed E-state index contributed by atoms with van der Waals surface area (Å²) >= 11 is 6.29. The Morgan fingerprint density at radius 2 is 1.68 bits per heavy atom. The summed E-state index contributed by atoms with van der Waals surface area (Å²) in [6.45, 7) is 7.49. The van der Waals surface area contributed by atoms with Gasteiger partial charge in [-0.25, -0.2) is 13.2 Å². The van der Waals surface area contributed by atoms with E-state index in [4.69, 9.17) is 16.9 Å². The largest absolute Gasteiger partial charge is 0.368 e. The van der Waals surface area contributed by atoms with E-state index in [1.54, 1.807) is 42.4 Å². The third-order valence-electron chi connectivity index (χ3n) is 7.32. The van der Waals surface area contributed by atoms with Crippen LogP contribution in [0.4, 0.5) is 5.69 Å². The number of anilines is 1. The molecular formula is C29H27ClN6O4S. The standard InChI is InChI=1S/C29H27ClN6O4S/c1-3-27(41(39,40)24-7-4-21(19-31)5-8-24)36-25-9-6-22(30)18-26(25)35(29(36)38)20(2)28(37)34-16-14-33(15-17-34)23-10-12-32-13-11-23/h3-13,18,20,27H,1,14-17H2,2H3. The topological polar surface area (TPSA) is 121 Å². The van der Waals surface area contributed by atoms with Gasteiger partial charge in [0.1, 0.15) is 6.04 Å². The minimum Gasteiger partial charge on any atom is -0.368 e. The van der Waals surface area contributed by atoms with E-state index in [1.165, 1.54) is 34.9 Å². The summed E-state index contributed by atoms with van der Waals surface area (Å²) < 4.78 is 29.8. The van der Waals surface area contributed by atoms with Crippen LogP contribution in [0.1, 0.15) is 23.9 Å². The fourth-order valence-corrected chi connectivity index (χ4v) is 6.87. The molecule has 1 aliphatic heterocycles. The van der Waals surface area contributed by atoms with Crippen molar-refractivity contribution in [2.45, 2.75) is 23.2 Å². The van der Waals surface area contributed by atoms with Crippen LogP contribution in [0.2, 0.25) is 5.02 Å². The summed E-state index contributed by atoms with van der Waals surface area (Å²) in [6, 6.07) is 15.0. The van der Waals surface area contributed by atoms with Gasteiger partial charge in [-0.2, -0.15) is 5.26 Å². The molecule has 0 saturated carbocycles. The average molecular weight is 591 g/mol. The van der Waals surface area contributed by atoms with E-state index in [9.17, 15) is 18.0 Å². The van der Waals surface area contributed by atoms with Crippen LogP contribution in [0.25, 0.3) is 11.0 Å². The van der Waals surface area contributed by atoms with Crippen LogP contribution in [0.3, 0.4) is 0 Å². The Morgan fingerprint density at radius 1 is 1.02 bits per heavy atom. The molecule has 41 heavy (non-hydrogen) atoms. The second-order valence-electron chi connectivity index (χ2n) is 9.66. The highest BCUT2D eigenvalue weighted by Gasteiger charge is 2.34. The lowest BCUT2D eigenvalue weighted by Crippen LogP contribution is -2.51. The van der Waals surface area contributed by atoms with E-state index >= 15 is 0 Å². The van der Waals surface area contributed by atoms with Gasteiger partial charge in [0.25, 0.3) is 0 Å². The number of hydrogen-bond acceptors (Lipinski definition) is 7. The number of carbonyl (C=O) groups excluding carboxylic acids is 1. The smallest absolute Gasteiger partial charge is 0.331 e. The zero-order chi connectivity index (χ0) is 29.3. The molecule has 0 N–H and O–H groups in total. The number of nitriles is 1. The van der Waals surface area contributed by atoms with Gasteiger partial charge in [-0.05, 0) is 61.5 Å². The molecule has 2 atom stereocenters. The predicted molar refractivity (Wildman–Crippen MR) is 157 cm³/mol. The second kappa shape index (κ2) is 11.2. The molecule has 210 valence electrons. The third kappa shape index (κ3) is 5.12. The van der Waals surface area contributed by atoms with Crippen LogP contribution in [-0.4, -0.2) is 59.5 Å². The SMILES string of the molecule is C=CC(n1c(=O)n(C(C)C(=O)N2CCN(c3ccncc3)CC2)c2cc(Cl)ccc21)S(=O)(=O)c1ccc(C#N)cc1. The molecule has 10 nitrogen and oxygen atoms in total. The lowest BCUT2D eigenvalue weighted by Gasteiger charge is -2.37. The van der Waals surface area contributed by atoms with Crippen LogP contribution >= 0.6 is 11.6 Å². The zero-order valence-corrected chi connectivity index (χ0v) is 23.8. The molecule has 2 unspecified atom stereocenters. The number of pyridine rings is 1. The minimum absolute atomic E-state index is 0.0700. The quantitative estimate of drug-likeness (QED) is 0.300. The number of carbonyl (C=O) groups is 1. The van der Waals surface area contributed by atoms with Crippen molar-refractivity contribution in [2.24, 2.45) is 0 Å². The minimum atomic E-state index is -4.15. The molecule has 1 aliphatic rings. The number of halogens is 1. The number of benzene rings is 2. The Balaban J connectivity index is 1.51. The molecule has 1 fully saturated rings. The van der Waals surface area contributed by atoms with Crippen molar-refractivity contribution in [3.05, 3.63) is 101 Å². The second-order valence-corrected chi connectivity index (χ2v) is 12.1. The summed E-state index contributed by atoms with van der Waals surface area (Å²) in [7, 11) is -4.15. The predicted octanol–water partition coefficient (Wildman–Crippen LogP) is 3.79. The normalized spacial score (nSPS) is 15.3. The highest BCUT2D eigenvalue weighted by Crippen LogP contribution is 2.30. The fraction of sp³-hybridized carbons (Fsp3) is 0.241. The van der Waals surface area contributed by atoms with E-state index in [2.05, 4.69) is 16.5 Å². The highest BCUT2D eigenvalue weighted by molar-refractivity contribution is 7.91. The van der Waals surface area contributed by atoms with E-state index in [1.807, 2.05) is 18.2 Å². The number of rotatable bonds is 7. The number of aromatic nitrogens is 3. The Morgan fingerprint density at radius 3 is 2.29 bits per heavy atom. The van der Waals surface area contributed by atoms with Gasteiger partial charge in [0.05, 0.1) is 27.6 Å². The van der Waals surface area contributed by atoms with Gasteiger partial charge in [0.2, 0.25) is 15.7 Å². The van der Waals surface area contributed by atoms with Crippen molar-refractivity contribution in [3.63, 3.8) is 0 Å². The molecule has 1 saturated heterocycles. The van der Waals surface area contributed by atoms with Gasteiger partial charge in [-0.1, -0.05) is 24.3 Å². The lowest BCUT2D eigenvalue weighted by atomic mass is 10.2. The van der Waals surface area contributed by atoms with Crippen molar-refractivity contribution in [2.75, 3.05) is 31.1 Å². The van der Waals surface area contributed by atoms with Crippen LogP contribution in [0, 0.1) is 11.3 Å². The van der Waals surface area contributed by atoms with E-state index in [0.29, 0.717) is 47.8 Å². The first-order valence-corrected chi connectivity index (χ1v) is 14.8. The first-order valence-electron chi connectivity index (χ1n) is 12.9. The number of fused-ring (bicyclic) bond motifs is 1. The number of hydrogen-bond donors (Lipinski definition) is 0. The summed E-state index contributed by atoms with van der Waals surface area (Å²) in [4.78, 5) is 35.5. The lowest BCUT2D eigenvalue weighted by molar-refractivity contribution is -0.134. The summed E-state index contributed by atoms with van der Waals surface area (Å²) in [5.41, 5.74) is 1.27. The summed E-state index contributed by atoms with van der Waals surface area (Å²) in [5.74, 6) is -0.259. The fourth-order valence-electron chi connectivity index (χ4n) is 5.18. The van der Waals surface area contributed by atoms with Gasteiger partial charge in [-0.15, -0.1) is 0 Å². The molecule has 1 amide bonds. The molecule has 2 aromatic carbocycles. The average Bonchev–Trinajstić information content (AvgIpc) is 3.27. The maximum Gasteiger partial charge on any atom is 0.331 e. The first kappa shape index (κ1) is 28.1. The molecule has 12 heteroatoms. The number of amides is 1. The van der Waals surface area contributed by atoms with Crippen LogP contribution < -0.4 is 10.6 Å². The third-order valence-corrected chi connectivity index (χ3v) is 9.52. The van der Waals surface area contributed by atoms with E-state index in [-0.39, 0.29) is 10.8 Å². The molecule has 0 bridgehead atoms. The van der Waals surface area contributed by atoms with Crippen molar-refractivity contribution in [3.8, 4) is 6.07 Å². The molecule has 2 aromatic heterocycles. The summed E-state index contributed by atoms with van der Waals surface area (Å²) in [5, 5.41) is 7.95. The molecule has 0 radical (unpaired) electrons. The molecule has 0 spiro atoms. The van der Waals surface area contributed by atoms with E-state index in [0.717, 1.165) is 10.3 Å². The first-order chi connectivity index (χ1) is 19.7. The summed E-state index contributed by atoms with van der Waals surface area (Å²) in [6.07, 6.45) is 4.62. The maximum atomic E-state index is 14.0. The maximum absolute atomic E-state index is 14.0. The van der Waals surface area contributed by atoms with Gasteiger partial charge in [0.15, 0.2) is 5.37 Å². The van der Waals surface area contributed by atoms with Crippen molar-refractivity contribution in [1.29, 1.82) is 5.26 Å². The Bertz CT molecular complexity index is 1820. The number of piperazine rings is 1. The molecule has 0 aliphatic carbocycles. The molecule has 5 rings (SSSR count). The van der Waals surface area contributed by atoms with Crippen molar-refractivity contribution in [1.82, 2.24) is 19.0 Å². The van der Waals surface area contributed by atoms with Crippen LogP contribution in [0.15, 0.2) is 89.3 Å². The van der Waals surface area contributed by atoms with E-state index < -0.39 is 26.9 Å². The monoisotopic (exact) mass is 590 g/mol. The number of imidazole rings is 1. The molecule has 4 aromatic rings. The van der Waals surface area contributed by atoms with Crippen molar-refractivity contribution >= 4 is 44.1 Å². The molecular weight excluding hydrogens is 564 g/mol. The highest BCUT2D eigenvalue weighted by atomic mass is 35.5. The van der Waals surface area contributed by atoms with Gasteiger partial charge < -0.3 is 9.80 Å². The Hall–Kier alpha value is -4.40. The Kier molecular flexibility index (Phi) is 7.71. The van der Waals surface area contributed by atoms with Crippen LogP contribution in [0.5, 0.6) is 0 Å². The number of nitrogens with zero attached hydrogens (tertiary/aromatic N) is 6. The van der Waals surface area contributed by atoms with Gasteiger partial charge in [0, 0.05) is 49.3 Å². The molecule has 3 heterocycles.